The van der Waals surface area contributed by atoms with Crippen molar-refractivity contribution < 1.29 is 18.0 Å². The summed E-state index contributed by atoms with van der Waals surface area (Å²) >= 11 is 1.09. The summed E-state index contributed by atoms with van der Waals surface area (Å²) in [5.41, 5.74) is -1.21. The molecule has 0 radical (unpaired) electrons. The maximum Gasteiger partial charge on any atom is 0.399 e. The van der Waals surface area contributed by atoms with E-state index >= 15 is 0 Å². The number of carbonyl (C=O) groups is 1. The number of hydrogen-bond acceptors (Lipinski definition) is 9. The van der Waals surface area contributed by atoms with E-state index in [1.807, 2.05) is 0 Å². The highest BCUT2D eigenvalue weighted by atomic mass is 32.1. The third-order valence-electron chi connectivity index (χ3n) is 6.42. The molecule has 1 saturated carbocycles. The Bertz CT molecular complexity index is 1380. The summed E-state index contributed by atoms with van der Waals surface area (Å²) < 4.78 is 46.0. The molecule has 11 nitrogen and oxygen atoms in total. The number of aromatic nitrogens is 7. The first-order valence-electron chi connectivity index (χ1n) is 10.9. The van der Waals surface area contributed by atoms with Crippen molar-refractivity contribution in [2.75, 3.05) is 22.1 Å². The molecule has 2 aliphatic rings. The van der Waals surface area contributed by atoms with E-state index in [1.54, 1.807) is 27.7 Å². The monoisotopic (exact) mass is 504 g/mol. The largest absolute Gasteiger partial charge is 0.399 e. The second-order valence-corrected chi connectivity index (χ2v) is 9.34. The fraction of sp³-hybridized carbons (Fsp3) is 0.400. The molecular weight excluding hydrogens is 485 g/mol. The smallest absolute Gasteiger partial charge is 0.327 e. The van der Waals surface area contributed by atoms with Gasteiger partial charge < -0.3 is 10.2 Å². The molecule has 2 fully saturated rings. The number of anilines is 4. The highest BCUT2D eigenvalue weighted by molar-refractivity contribution is 7.09. The SMILES string of the molecule is O=C(Nc1ncns1)[C@@H]1CCCN1c1nc(Nc2cc(C3(C(F)(F)F)CC3)[nH]n2)c2cccn2n1. The molecule has 1 aliphatic carbocycles. The lowest BCUT2D eigenvalue weighted by molar-refractivity contribution is -0.161. The predicted octanol–water partition coefficient (Wildman–Crippen LogP) is 3.25. The lowest BCUT2D eigenvalue weighted by Crippen LogP contribution is -2.40. The first-order valence-corrected chi connectivity index (χ1v) is 11.7. The fourth-order valence-electron chi connectivity index (χ4n) is 4.41. The quantitative estimate of drug-likeness (QED) is 0.365. The number of carbonyl (C=O) groups excluding carboxylic acids is 1. The van der Waals surface area contributed by atoms with E-state index in [-0.39, 0.29) is 30.3 Å². The molecule has 1 aliphatic heterocycles. The van der Waals surface area contributed by atoms with Crippen LogP contribution in [0, 0.1) is 0 Å². The zero-order valence-corrected chi connectivity index (χ0v) is 18.9. The summed E-state index contributed by atoms with van der Waals surface area (Å²) in [6, 6.07) is 4.43. The van der Waals surface area contributed by atoms with Crippen molar-refractivity contribution in [2.45, 2.75) is 43.3 Å². The zero-order valence-electron chi connectivity index (χ0n) is 18.1. The third kappa shape index (κ3) is 3.75. The molecule has 182 valence electrons. The van der Waals surface area contributed by atoms with Crippen molar-refractivity contribution >= 4 is 45.7 Å². The summed E-state index contributed by atoms with van der Waals surface area (Å²) in [7, 11) is 0. The standard InChI is InChI=1S/C20H19F3N10OS/c21-20(22,23)19(5-6-19)13-9-14(30-29-13)26-15-11-3-2-8-33(11)31-17(27-15)32-7-1-4-12(32)16(34)28-18-24-10-25-35-18/h2-3,8-10,12H,1,4-7H2,(H,24,25,28,34)(H2,26,27,29,30,31)/t12-/m0/s1. The Balaban J connectivity index is 1.28. The molecule has 5 heterocycles. The lowest BCUT2D eigenvalue weighted by Gasteiger charge is -2.24. The summed E-state index contributed by atoms with van der Waals surface area (Å²) in [6.07, 6.45) is 0.218. The van der Waals surface area contributed by atoms with Crippen LogP contribution in [0.5, 0.6) is 0 Å². The molecule has 4 aromatic rings. The van der Waals surface area contributed by atoms with Gasteiger partial charge in [0, 0.05) is 30.3 Å². The average Bonchev–Trinajstić information content (AvgIpc) is 3.34. The molecular formula is C20H19F3N10OS. The first kappa shape index (κ1) is 21.8. The molecule has 0 aromatic carbocycles. The van der Waals surface area contributed by atoms with Crippen LogP contribution in [0.3, 0.4) is 0 Å². The summed E-state index contributed by atoms with van der Waals surface area (Å²) in [5, 5.41) is 17.3. The van der Waals surface area contributed by atoms with Gasteiger partial charge in [0.25, 0.3) is 0 Å². The van der Waals surface area contributed by atoms with E-state index in [0.29, 0.717) is 35.4 Å². The van der Waals surface area contributed by atoms with Crippen molar-refractivity contribution in [3.63, 3.8) is 0 Å². The molecule has 15 heteroatoms. The second kappa shape index (κ2) is 7.90. The Kier molecular flexibility index (Phi) is 4.91. The molecule has 0 bridgehead atoms. The number of rotatable bonds is 6. The predicted molar refractivity (Wildman–Crippen MR) is 121 cm³/mol. The van der Waals surface area contributed by atoms with Gasteiger partial charge in [0.05, 0.1) is 5.69 Å². The first-order chi connectivity index (χ1) is 16.8. The Morgan fingerprint density at radius 1 is 1.31 bits per heavy atom. The fourth-order valence-corrected chi connectivity index (χ4v) is 4.85. The van der Waals surface area contributed by atoms with Gasteiger partial charge in [-0.25, -0.2) is 9.50 Å². The van der Waals surface area contributed by atoms with Crippen LogP contribution in [0.25, 0.3) is 5.52 Å². The zero-order chi connectivity index (χ0) is 24.2. The van der Waals surface area contributed by atoms with Crippen LogP contribution in [0.15, 0.2) is 30.7 Å². The van der Waals surface area contributed by atoms with Gasteiger partial charge in [-0.15, -0.1) is 5.10 Å². The van der Waals surface area contributed by atoms with E-state index in [1.165, 1.54) is 12.4 Å². The van der Waals surface area contributed by atoms with E-state index in [4.69, 9.17) is 0 Å². The molecule has 1 saturated heterocycles. The number of H-pyrrole nitrogens is 1. The topological polar surface area (TPSA) is 129 Å². The van der Waals surface area contributed by atoms with E-state index in [2.05, 4.69) is 40.3 Å². The van der Waals surface area contributed by atoms with Gasteiger partial charge in [0.2, 0.25) is 17.0 Å². The number of fused-ring (bicyclic) bond motifs is 1. The van der Waals surface area contributed by atoms with Crippen molar-refractivity contribution in [2.24, 2.45) is 0 Å². The number of nitrogens with zero attached hydrogens (tertiary/aromatic N) is 7. The third-order valence-corrected chi connectivity index (χ3v) is 7.00. The molecule has 1 amide bonds. The van der Waals surface area contributed by atoms with Crippen LogP contribution in [-0.4, -0.2) is 58.8 Å². The van der Waals surface area contributed by atoms with Gasteiger partial charge in [-0.05, 0) is 37.8 Å². The Labute approximate surface area is 199 Å². The summed E-state index contributed by atoms with van der Waals surface area (Å²) in [4.78, 5) is 23.3. The molecule has 4 aromatic heterocycles. The lowest BCUT2D eigenvalue weighted by atomic mass is 10.0. The minimum absolute atomic E-state index is 0.0288. The van der Waals surface area contributed by atoms with Gasteiger partial charge in [0.1, 0.15) is 23.3 Å². The number of alkyl halides is 3. The van der Waals surface area contributed by atoms with Gasteiger partial charge >= 0.3 is 6.18 Å². The van der Waals surface area contributed by atoms with Crippen LogP contribution < -0.4 is 15.5 Å². The maximum atomic E-state index is 13.5. The molecule has 6 rings (SSSR count). The number of aromatic amines is 1. The van der Waals surface area contributed by atoms with E-state index < -0.39 is 17.6 Å². The normalized spacial score (nSPS) is 19.3. The molecule has 0 unspecified atom stereocenters. The minimum atomic E-state index is -4.34. The number of hydrogen-bond donors (Lipinski definition) is 3. The van der Waals surface area contributed by atoms with Crippen molar-refractivity contribution in [1.82, 2.24) is 34.2 Å². The molecule has 1 atom stereocenters. The van der Waals surface area contributed by atoms with Crippen molar-refractivity contribution in [1.29, 1.82) is 0 Å². The molecule has 0 spiro atoms. The summed E-state index contributed by atoms with van der Waals surface area (Å²) in [5.74, 6) is 0.667. The van der Waals surface area contributed by atoms with Gasteiger partial charge in [-0.3, -0.25) is 15.2 Å². The maximum absolute atomic E-state index is 13.5. The van der Waals surface area contributed by atoms with Crippen LogP contribution >= 0.6 is 11.5 Å². The Morgan fingerprint density at radius 2 is 2.17 bits per heavy atom. The van der Waals surface area contributed by atoms with E-state index in [9.17, 15) is 18.0 Å². The molecule has 35 heavy (non-hydrogen) atoms. The van der Waals surface area contributed by atoms with Crippen LogP contribution in [0.4, 0.5) is 35.9 Å². The average molecular weight is 505 g/mol. The van der Waals surface area contributed by atoms with Crippen molar-refractivity contribution in [3.8, 4) is 0 Å². The van der Waals surface area contributed by atoms with E-state index in [0.717, 1.165) is 18.0 Å². The summed E-state index contributed by atoms with van der Waals surface area (Å²) in [6.45, 7) is 0.571. The van der Waals surface area contributed by atoms with Crippen LogP contribution in [0.1, 0.15) is 31.4 Å². The van der Waals surface area contributed by atoms with Crippen LogP contribution in [-0.2, 0) is 10.2 Å². The Hall–Kier alpha value is -3.75. The number of nitrogens with one attached hydrogen (secondary N) is 3. The van der Waals surface area contributed by atoms with Gasteiger partial charge in [-0.1, -0.05) is 0 Å². The minimum Gasteiger partial charge on any atom is -0.327 e. The van der Waals surface area contributed by atoms with Crippen LogP contribution in [0.2, 0.25) is 0 Å². The van der Waals surface area contributed by atoms with Gasteiger partial charge in [-0.2, -0.15) is 27.6 Å². The Morgan fingerprint density at radius 3 is 2.91 bits per heavy atom. The number of amides is 1. The highest BCUT2D eigenvalue weighted by Gasteiger charge is 2.65. The van der Waals surface area contributed by atoms with Crippen molar-refractivity contribution in [3.05, 3.63) is 36.4 Å². The second-order valence-electron chi connectivity index (χ2n) is 8.56. The van der Waals surface area contributed by atoms with Gasteiger partial charge in [0.15, 0.2) is 11.6 Å². The highest BCUT2D eigenvalue weighted by Crippen LogP contribution is 2.58. The molecule has 3 N–H and O–H groups in total. The number of halogens is 3.